The van der Waals surface area contributed by atoms with Crippen molar-refractivity contribution in [3.63, 3.8) is 0 Å². The molecule has 30 heavy (non-hydrogen) atoms. The van der Waals surface area contributed by atoms with E-state index in [2.05, 4.69) is 22.2 Å². The summed E-state index contributed by atoms with van der Waals surface area (Å²) in [5, 5.41) is 2.86. The van der Waals surface area contributed by atoms with E-state index in [9.17, 15) is 13.2 Å². The molecule has 0 bridgehead atoms. The molecule has 1 amide bonds. The van der Waals surface area contributed by atoms with Crippen molar-refractivity contribution in [1.82, 2.24) is 5.32 Å². The van der Waals surface area contributed by atoms with Crippen molar-refractivity contribution in [3.8, 4) is 0 Å². The van der Waals surface area contributed by atoms with Gasteiger partial charge in [0.15, 0.2) is 0 Å². The molecule has 0 saturated heterocycles. The third-order valence-corrected chi connectivity index (χ3v) is 6.80. The summed E-state index contributed by atoms with van der Waals surface area (Å²) in [5.41, 5.74) is 2.76. The zero-order valence-corrected chi connectivity index (χ0v) is 18.3. The van der Waals surface area contributed by atoms with Crippen LogP contribution in [0.4, 0.5) is 5.69 Å². The maximum Gasteiger partial charge on any atom is 0.261 e. The van der Waals surface area contributed by atoms with Gasteiger partial charge in [0.1, 0.15) is 0 Å². The highest BCUT2D eigenvalue weighted by atomic mass is 32.2. The van der Waals surface area contributed by atoms with E-state index in [1.807, 2.05) is 25.1 Å². The molecule has 7 heteroatoms. The number of thioether (sulfide) groups is 1. The van der Waals surface area contributed by atoms with E-state index in [0.29, 0.717) is 12.1 Å². The van der Waals surface area contributed by atoms with Crippen LogP contribution in [0.1, 0.15) is 21.5 Å². The molecule has 3 aromatic carbocycles. The maximum absolute atomic E-state index is 12.7. The Morgan fingerprint density at radius 1 is 0.900 bits per heavy atom. The smallest absolute Gasteiger partial charge is 0.261 e. The van der Waals surface area contributed by atoms with Crippen LogP contribution in [0.2, 0.25) is 0 Å². The van der Waals surface area contributed by atoms with E-state index in [4.69, 9.17) is 0 Å². The molecule has 0 atom stereocenters. The number of hydrogen-bond acceptors (Lipinski definition) is 4. The highest BCUT2D eigenvalue weighted by Gasteiger charge is 2.18. The third-order valence-electron chi connectivity index (χ3n) is 4.39. The number of nitrogens with one attached hydrogen (secondary N) is 2. The minimum absolute atomic E-state index is 0.153. The van der Waals surface area contributed by atoms with E-state index in [-0.39, 0.29) is 16.5 Å². The number of hydrogen-bond donors (Lipinski definition) is 2. The van der Waals surface area contributed by atoms with Gasteiger partial charge in [0.25, 0.3) is 15.9 Å². The first-order chi connectivity index (χ1) is 14.5. The Labute approximate surface area is 182 Å². The van der Waals surface area contributed by atoms with Crippen LogP contribution in [0.25, 0.3) is 0 Å². The van der Waals surface area contributed by atoms with Crippen LogP contribution in [-0.4, -0.2) is 26.6 Å². The fourth-order valence-electron chi connectivity index (χ4n) is 2.79. The zero-order chi connectivity index (χ0) is 21.4. The molecular formula is C23H24N2O3S2. The molecule has 0 radical (unpaired) electrons. The highest BCUT2D eigenvalue weighted by molar-refractivity contribution is 7.98. The predicted molar refractivity (Wildman–Crippen MR) is 123 cm³/mol. The summed E-state index contributed by atoms with van der Waals surface area (Å²) in [6, 6.07) is 23.3. The lowest BCUT2D eigenvalue weighted by Gasteiger charge is -2.13. The molecule has 3 aromatic rings. The van der Waals surface area contributed by atoms with E-state index in [1.165, 1.54) is 5.56 Å². The van der Waals surface area contributed by atoms with Gasteiger partial charge in [-0.2, -0.15) is 11.8 Å². The Morgan fingerprint density at radius 2 is 1.57 bits per heavy atom. The van der Waals surface area contributed by atoms with Crippen LogP contribution in [0.3, 0.4) is 0 Å². The van der Waals surface area contributed by atoms with Crippen LogP contribution >= 0.6 is 11.8 Å². The Kier molecular flexibility index (Phi) is 7.54. The summed E-state index contributed by atoms with van der Waals surface area (Å²) < 4.78 is 27.9. The fraction of sp³-hybridized carbons (Fsp3) is 0.174. The van der Waals surface area contributed by atoms with Crippen molar-refractivity contribution in [2.24, 2.45) is 0 Å². The van der Waals surface area contributed by atoms with Gasteiger partial charge in [-0.1, -0.05) is 60.2 Å². The Hall–Kier alpha value is -2.77. The normalized spacial score (nSPS) is 11.1. The quantitative estimate of drug-likeness (QED) is 0.482. The molecule has 0 aliphatic rings. The molecule has 0 aliphatic heterocycles. The third kappa shape index (κ3) is 6.11. The number of rotatable bonds is 9. The van der Waals surface area contributed by atoms with E-state index < -0.39 is 10.0 Å². The van der Waals surface area contributed by atoms with Crippen molar-refractivity contribution >= 4 is 33.4 Å². The molecule has 3 rings (SSSR count). The molecule has 0 spiro atoms. The second-order valence-corrected chi connectivity index (χ2v) is 9.55. The second-order valence-electron chi connectivity index (χ2n) is 6.76. The first-order valence-electron chi connectivity index (χ1n) is 9.54. The molecule has 0 unspecified atom stereocenters. The van der Waals surface area contributed by atoms with Gasteiger partial charge in [0.2, 0.25) is 0 Å². The molecule has 2 N–H and O–H groups in total. The average Bonchev–Trinajstić information content (AvgIpc) is 2.74. The molecule has 5 nitrogen and oxygen atoms in total. The molecule has 0 heterocycles. The van der Waals surface area contributed by atoms with Gasteiger partial charge in [-0.05, 0) is 36.8 Å². The predicted octanol–water partition coefficient (Wildman–Crippen LogP) is 4.46. The number of sulfonamides is 1. The van der Waals surface area contributed by atoms with Gasteiger partial charge in [-0.25, -0.2) is 8.42 Å². The lowest BCUT2D eigenvalue weighted by molar-refractivity contribution is 0.0957. The number of carbonyl (C=O) groups excluding carboxylic acids is 1. The lowest BCUT2D eigenvalue weighted by atomic mass is 10.2. The second kappa shape index (κ2) is 10.3. The van der Waals surface area contributed by atoms with Crippen molar-refractivity contribution < 1.29 is 13.2 Å². The zero-order valence-electron chi connectivity index (χ0n) is 16.7. The van der Waals surface area contributed by atoms with E-state index >= 15 is 0 Å². The molecule has 0 fully saturated rings. The van der Waals surface area contributed by atoms with Gasteiger partial charge < -0.3 is 5.32 Å². The van der Waals surface area contributed by atoms with Crippen LogP contribution in [0, 0.1) is 6.92 Å². The molecule has 156 valence electrons. The summed E-state index contributed by atoms with van der Waals surface area (Å²) >= 11 is 1.73. The largest absolute Gasteiger partial charge is 0.351 e. The van der Waals surface area contributed by atoms with Crippen LogP contribution < -0.4 is 10.0 Å². The number of anilines is 1. The Morgan fingerprint density at radius 3 is 2.30 bits per heavy atom. The fourth-order valence-corrected chi connectivity index (χ4v) is 4.69. The van der Waals surface area contributed by atoms with Crippen LogP contribution in [0.15, 0.2) is 83.8 Å². The number of para-hydroxylation sites is 1. The van der Waals surface area contributed by atoms with Crippen molar-refractivity contribution in [3.05, 3.63) is 95.6 Å². The van der Waals surface area contributed by atoms with Crippen molar-refractivity contribution in [1.29, 1.82) is 0 Å². The summed E-state index contributed by atoms with van der Waals surface area (Å²) in [4.78, 5) is 12.8. The Balaban J connectivity index is 1.58. The molecule has 0 saturated carbocycles. The maximum atomic E-state index is 12.7. The SMILES string of the molecule is Cc1ccc(S(=O)(=O)Nc2ccccc2C(=O)NCCSCc2ccccc2)cc1. The summed E-state index contributed by atoms with van der Waals surface area (Å²) in [6.07, 6.45) is 0. The minimum atomic E-state index is -3.78. The van der Waals surface area contributed by atoms with E-state index in [0.717, 1.165) is 17.1 Å². The van der Waals surface area contributed by atoms with Crippen LogP contribution in [0.5, 0.6) is 0 Å². The molecule has 0 aliphatic carbocycles. The molecule has 0 aromatic heterocycles. The average molecular weight is 441 g/mol. The monoisotopic (exact) mass is 440 g/mol. The summed E-state index contributed by atoms with van der Waals surface area (Å²) in [5.74, 6) is 1.33. The first-order valence-corrected chi connectivity index (χ1v) is 12.2. The van der Waals surface area contributed by atoms with Gasteiger partial charge in [-0.15, -0.1) is 0 Å². The number of carbonyl (C=O) groups is 1. The van der Waals surface area contributed by atoms with Gasteiger partial charge >= 0.3 is 0 Å². The van der Waals surface area contributed by atoms with Crippen molar-refractivity contribution in [2.75, 3.05) is 17.0 Å². The number of benzene rings is 3. The first kappa shape index (κ1) is 21.9. The number of amides is 1. The van der Waals surface area contributed by atoms with Crippen LogP contribution in [-0.2, 0) is 15.8 Å². The minimum Gasteiger partial charge on any atom is -0.351 e. The lowest BCUT2D eigenvalue weighted by Crippen LogP contribution is -2.27. The standard InChI is InChI=1S/C23H24N2O3S2/c1-18-11-13-20(14-12-18)30(27,28)25-22-10-6-5-9-21(22)23(26)24-15-16-29-17-19-7-3-2-4-8-19/h2-14,25H,15-17H2,1H3,(H,24,26). The molecular weight excluding hydrogens is 416 g/mol. The van der Waals surface area contributed by atoms with Gasteiger partial charge in [0.05, 0.1) is 16.1 Å². The topological polar surface area (TPSA) is 75.3 Å². The number of aryl methyl sites for hydroxylation is 1. The van der Waals surface area contributed by atoms with Gasteiger partial charge in [-0.3, -0.25) is 9.52 Å². The highest BCUT2D eigenvalue weighted by Crippen LogP contribution is 2.20. The summed E-state index contributed by atoms with van der Waals surface area (Å²) in [6.45, 7) is 2.39. The van der Waals surface area contributed by atoms with Crippen molar-refractivity contribution in [2.45, 2.75) is 17.6 Å². The Bertz CT molecular complexity index is 1080. The van der Waals surface area contributed by atoms with E-state index in [1.54, 1.807) is 60.3 Å². The van der Waals surface area contributed by atoms with Gasteiger partial charge in [0, 0.05) is 18.1 Å². The summed E-state index contributed by atoms with van der Waals surface area (Å²) in [7, 11) is -3.78.